The number of nitrogens with zero attached hydrogens (tertiary/aromatic N) is 5. The van der Waals surface area contributed by atoms with E-state index in [2.05, 4.69) is 39.4 Å². The van der Waals surface area contributed by atoms with Crippen molar-refractivity contribution in [2.75, 3.05) is 5.32 Å². The highest BCUT2D eigenvalue weighted by Crippen LogP contribution is 2.28. The van der Waals surface area contributed by atoms with Gasteiger partial charge in [-0.05, 0) is 12.3 Å². The van der Waals surface area contributed by atoms with Crippen molar-refractivity contribution in [3.05, 3.63) is 27.1 Å². The zero-order valence-corrected chi connectivity index (χ0v) is 17.7. The van der Waals surface area contributed by atoms with Crippen molar-refractivity contribution in [2.24, 2.45) is 5.92 Å². The van der Waals surface area contributed by atoms with Gasteiger partial charge in [0.15, 0.2) is 4.34 Å². The summed E-state index contributed by atoms with van der Waals surface area (Å²) in [5.74, 6) is 0.911. The Balaban J connectivity index is 1.67. The smallest absolute Gasteiger partial charge is 0.275 e. The van der Waals surface area contributed by atoms with Gasteiger partial charge in [-0.2, -0.15) is 9.61 Å². The molecule has 0 radical (unpaired) electrons. The fraction of sp³-hybridized carbons (Fsp3) is 0.500. The van der Waals surface area contributed by atoms with Gasteiger partial charge in [0, 0.05) is 24.7 Å². The van der Waals surface area contributed by atoms with Crippen LogP contribution < -0.4 is 10.9 Å². The summed E-state index contributed by atoms with van der Waals surface area (Å²) in [6.45, 7) is 6.18. The number of carbonyl (C=O) groups is 1. The first kappa shape index (κ1) is 19.9. The molecule has 3 heterocycles. The predicted octanol–water partition coefficient (Wildman–Crippen LogP) is 3.23. The molecule has 0 bridgehead atoms. The van der Waals surface area contributed by atoms with Crippen LogP contribution in [0.5, 0.6) is 0 Å². The van der Waals surface area contributed by atoms with Gasteiger partial charge in [0.2, 0.25) is 16.0 Å². The number of carbonyl (C=O) groups excluding carboxylic acids is 1. The monoisotopic (exact) mass is 424 g/mol. The molecule has 0 aliphatic rings. The number of fused-ring (bicyclic) bond motifs is 1. The van der Waals surface area contributed by atoms with E-state index in [1.807, 2.05) is 6.92 Å². The first-order valence-corrected chi connectivity index (χ1v) is 11.2. The lowest BCUT2D eigenvalue weighted by Gasteiger charge is -1.98. The van der Waals surface area contributed by atoms with Crippen LogP contribution in [0.15, 0.2) is 15.2 Å². The summed E-state index contributed by atoms with van der Waals surface area (Å²) in [6.07, 6.45) is 2.07. The SMILES string of the molecule is CCCC(=O)Nc1nnc(SCc2cc(=O)n3nc(CC(C)C)sc3n2)s1. The Morgan fingerprint density at radius 3 is 2.89 bits per heavy atom. The van der Waals surface area contributed by atoms with E-state index in [1.54, 1.807) is 0 Å². The minimum absolute atomic E-state index is 0.0623. The maximum atomic E-state index is 12.3. The van der Waals surface area contributed by atoms with Gasteiger partial charge < -0.3 is 5.32 Å². The van der Waals surface area contributed by atoms with Crippen LogP contribution in [-0.2, 0) is 17.0 Å². The van der Waals surface area contributed by atoms with Gasteiger partial charge in [-0.25, -0.2) is 4.98 Å². The van der Waals surface area contributed by atoms with Crippen LogP contribution in [0.2, 0.25) is 0 Å². The number of rotatable bonds is 8. The number of hydrogen-bond acceptors (Lipinski definition) is 9. The Morgan fingerprint density at radius 1 is 1.33 bits per heavy atom. The van der Waals surface area contributed by atoms with E-state index in [-0.39, 0.29) is 11.5 Å². The van der Waals surface area contributed by atoms with Crippen LogP contribution in [0.3, 0.4) is 0 Å². The molecule has 1 N–H and O–H groups in total. The lowest BCUT2D eigenvalue weighted by atomic mass is 10.1. The number of anilines is 1. The normalized spacial score (nSPS) is 11.4. The number of nitrogens with one attached hydrogen (secondary N) is 1. The van der Waals surface area contributed by atoms with Crippen molar-refractivity contribution >= 4 is 50.4 Å². The van der Waals surface area contributed by atoms with E-state index < -0.39 is 0 Å². The van der Waals surface area contributed by atoms with Crippen molar-refractivity contribution in [3.63, 3.8) is 0 Å². The van der Waals surface area contributed by atoms with Crippen LogP contribution >= 0.6 is 34.4 Å². The minimum Gasteiger partial charge on any atom is -0.301 e. The summed E-state index contributed by atoms with van der Waals surface area (Å²) in [5, 5.41) is 16.5. The van der Waals surface area contributed by atoms with Gasteiger partial charge in [-0.3, -0.25) is 9.59 Å². The molecule has 0 unspecified atom stereocenters. The standard InChI is InChI=1S/C16H20N6O2S3/c1-4-5-11(23)18-14-19-20-16(27-14)25-8-10-7-13(24)22-15(17-10)26-12(21-22)6-9(2)3/h7,9H,4-6,8H2,1-3H3,(H,18,19,23). The van der Waals surface area contributed by atoms with Gasteiger partial charge in [0.25, 0.3) is 5.56 Å². The molecule has 0 saturated heterocycles. The van der Waals surface area contributed by atoms with Crippen molar-refractivity contribution in [1.82, 2.24) is 24.8 Å². The lowest BCUT2D eigenvalue weighted by molar-refractivity contribution is -0.116. The largest absolute Gasteiger partial charge is 0.301 e. The molecule has 3 rings (SSSR count). The van der Waals surface area contributed by atoms with Gasteiger partial charge in [0.05, 0.1) is 5.69 Å². The maximum absolute atomic E-state index is 12.3. The second-order valence-corrected chi connectivity index (χ2v) is 9.57. The summed E-state index contributed by atoms with van der Waals surface area (Å²) >= 11 is 4.20. The van der Waals surface area contributed by atoms with Crippen molar-refractivity contribution < 1.29 is 4.79 Å². The zero-order valence-electron chi connectivity index (χ0n) is 15.3. The highest BCUT2D eigenvalue weighted by molar-refractivity contribution is 8.00. The Morgan fingerprint density at radius 2 is 2.15 bits per heavy atom. The summed E-state index contributed by atoms with van der Waals surface area (Å²) in [6, 6.07) is 1.50. The molecule has 0 aliphatic heterocycles. The molecule has 11 heteroatoms. The summed E-state index contributed by atoms with van der Waals surface area (Å²) < 4.78 is 2.08. The van der Waals surface area contributed by atoms with E-state index >= 15 is 0 Å². The first-order chi connectivity index (χ1) is 12.9. The van der Waals surface area contributed by atoms with E-state index in [0.29, 0.717) is 38.2 Å². The maximum Gasteiger partial charge on any atom is 0.275 e. The molecule has 144 valence electrons. The Kier molecular flexibility index (Phi) is 6.55. The zero-order chi connectivity index (χ0) is 19.4. The quantitative estimate of drug-likeness (QED) is 0.437. The molecular formula is C16H20N6O2S3. The molecule has 27 heavy (non-hydrogen) atoms. The first-order valence-electron chi connectivity index (χ1n) is 8.59. The molecule has 0 aliphatic carbocycles. The van der Waals surface area contributed by atoms with Crippen molar-refractivity contribution in [3.8, 4) is 0 Å². The highest BCUT2D eigenvalue weighted by atomic mass is 32.2. The van der Waals surface area contributed by atoms with Gasteiger partial charge in [-0.1, -0.05) is 55.2 Å². The molecule has 3 aromatic rings. The molecule has 0 atom stereocenters. The summed E-state index contributed by atoms with van der Waals surface area (Å²) in [4.78, 5) is 29.0. The van der Waals surface area contributed by atoms with Crippen LogP contribution in [0.25, 0.3) is 4.96 Å². The highest BCUT2D eigenvalue weighted by Gasteiger charge is 2.12. The van der Waals surface area contributed by atoms with E-state index in [4.69, 9.17) is 0 Å². The molecular weight excluding hydrogens is 404 g/mol. The minimum atomic E-state index is -0.174. The third kappa shape index (κ3) is 5.33. The number of aromatic nitrogens is 5. The van der Waals surface area contributed by atoms with E-state index in [9.17, 15) is 9.59 Å². The molecule has 8 nitrogen and oxygen atoms in total. The van der Waals surface area contributed by atoms with E-state index in [0.717, 1.165) is 17.8 Å². The molecule has 1 amide bonds. The number of hydrogen-bond donors (Lipinski definition) is 1. The van der Waals surface area contributed by atoms with Gasteiger partial charge in [0.1, 0.15) is 5.01 Å². The van der Waals surface area contributed by atoms with E-state index in [1.165, 1.54) is 45.0 Å². The Labute approximate surface area is 168 Å². The number of amides is 1. The second-order valence-electron chi connectivity index (χ2n) is 6.33. The summed E-state index contributed by atoms with van der Waals surface area (Å²) in [7, 11) is 0. The van der Waals surface area contributed by atoms with Crippen molar-refractivity contribution in [1.29, 1.82) is 0 Å². The van der Waals surface area contributed by atoms with Crippen LogP contribution in [0, 0.1) is 5.92 Å². The van der Waals surface area contributed by atoms with Gasteiger partial charge >= 0.3 is 0 Å². The van der Waals surface area contributed by atoms with Gasteiger partial charge in [-0.15, -0.1) is 10.2 Å². The Hall–Kier alpha value is -1.85. The Bertz CT molecular complexity index is 994. The van der Waals surface area contributed by atoms with Crippen LogP contribution in [0.4, 0.5) is 5.13 Å². The average molecular weight is 425 g/mol. The lowest BCUT2D eigenvalue weighted by Crippen LogP contribution is -2.15. The second kappa shape index (κ2) is 8.89. The fourth-order valence-corrected chi connectivity index (χ4v) is 5.06. The molecule has 0 saturated carbocycles. The number of thioether (sulfide) groups is 1. The predicted molar refractivity (Wildman–Crippen MR) is 109 cm³/mol. The summed E-state index contributed by atoms with van der Waals surface area (Å²) in [5.41, 5.74) is 0.503. The molecule has 0 spiro atoms. The molecule has 0 aromatic carbocycles. The third-order valence-electron chi connectivity index (χ3n) is 3.40. The topological polar surface area (TPSA) is 102 Å². The molecule has 3 aromatic heterocycles. The van der Waals surface area contributed by atoms with Crippen LogP contribution in [0.1, 0.15) is 44.3 Å². The average Bonchev–Trinajstić information content (AvgIpc) is 3.19. The van der Waals surface area contributed by atoms with Crippen molar-refractivity contribution in [2.45, 2.75) is 50.1 Å². The third-order valence-corrected chi connectivity index (χ3v) is 6.33. The van der Waals surface area contributed by atoms with Crippen LogP contribution in [-0.4, -0.2) is 30.7 Å². The fourth-order valence-electron chi connectivity index (χ4n) is 2.26. The molecule has 0 fully saturated rings.